The van der Waals surface area contributed by atoms with Crippen molar-refractivity contribution in [3.63, 3.8) is 0 Å². The standard InChI is InChI=1S/C28H16N4S2/c1-17-9-5-7-11-20(17)22-13-24(19(15-29)16-30)33-26(22)27-23(21-12-8-6-10-18(21)2)14-25(34-27)28(31-3)32-4/h5-14H,1-2H3/b27-26+. The minimum Gasteiger partial charge on any atom is -0.192 e. The van der Waals surface area contributed by atoms with Gasteiger partial charge in [-0.1, -0.05) is 48.5 Å². The van der Waals surface area contributed by atoms with E-state index in [1.165, 1.54) is 22.7 Å². The predicted octanol–water partition coefficient (Wildman–Crippen LogP) is 6.15. The zero-order valence-corrected chi connectivity index (χ0v) is 20.0. The predicted molar refractivity (Wildman–Crippen MR) is 137 cm³/mol. The van der Waals surface area contributed by atoms with Crippen molar-refractivity contribution in [2.75, 3.05) is 0 Å². The summed E-state index contributed by atoms with van der Waals surface area (Å²) < 4.78 is 3.03. The minimum absolute atomic E-state index is 0.0293. The Hall–Kier alpha value is -4.46. The van der Waals surface area contributed by atoms with Gasteiger partial charge in [0.05, 0.1) is 13.6 Å². The van der Waals surface area contributed by atoms with Gasteiger partial charge in [-0.05, 0) is 48.2 Å². The molecule has 0 saturated carbocycles. The molecule has 6 heteroatoms. The summed E-state index contributed by atoms with van der Waals surface area (Å²) in [4.78, 5) is 6.86. The fourth-order valence-electron chi connectivity index (χ4n) is 3.77. The molecule has 0 unspecified atom stereocenters. The van der Waals surface area contributed by atoms with E-state index in [1.807, 2.05) is 86.6 Å². The van der Waals surface area contributed by atoms with Crippen LogP contribution in [0.15, 0.2) is 60.7 Å². The molecule has 4 nitrogen and oxygen atoms in total. The highest BCUT2D eigenvalue weighted by atomic mass is 32.1. The molecule has 2 aromatic carbocycles. The lowest BCUT2D eigenvalue weighted by Crippen LogP contribution is -1.95. The fourth-order valence-corrected chi connectivity index (χ4v) is 6.16. The third kappa shape index (κ3) is 4.01. The quantitative estimate of drug-likeness (QED) is 0.329. The van der Waals surface area contributed by atoms with Crippen LogP contribution in [-0.2, 0) is 0 Å². The lowest BCUT2D eigenvalue weighted by Gasteiger charge is -2.05. The molecule has 0 amide bonds. The molecule has 0 spiro atoms. The van der Waals surface area contributed by atoms with E-state index < -0.39 is 0 Å². The maximum absolute atomic E-state index is 9.51. The summed E-state index contributed by atoms with van der Waals surface area (Å²) in [5.74, 6) is 0.0293. The van der Waals surface area contributed by atoms with Gasteiger partial charge in [0.25, 0.3) is 0 Å². The Morgan fingerprint density at radius 1 is 0.706 bits per heavy atom. The highest BCUT2D eigenvalue weighted by Crippen LogP contribution is 2.31. The molecule has 4 rings (SSSR count). The minimum atomic E-state index is 0.0293. The SMILES string of the molecule is [C-]#[N+]C([N+]#[C-])=c1cc(-c2ccccc2C)/c(=c2\sc(=C(C#N)C#N)cc2-c2ccccc2C)s1. The summed E-state index contributed by atoms with van der Waals surface area (Å²) in [6.45, 7) is 19.0. The average molecular weight is 473 g/mol. The van der Waals surface area contributed by atoms with Crippen molar-refractivity contribution >= 4 is 34.1 Å². The van der Waals surface area contributed by atoms with Crippen molar-refractivity contribution in [2.24, 2.45) is 0 Å². The molecule has 0 saturated heterocycles. The summed E-state index contributed by atoms with van der Waals surface area (Å²) in [6, 6.07) is 23.8. The molecule has 160 valence electrons. The Kier molecular flexibility index (Phi) is 6.40. The number of aryl methyl sites for hydroxylation is 2. The lowest BCUT2D eigenvalue weighted by molar-refractivity contribution is 1.45. The first-order valence-corrected chi connectivity index (χ1v) is 11.9. The van der Waals surface area contributed by atoms with Gasteiger partial charge in [-0.25, -0.2) is 0 Å². The van der Waals surface area contributed by atoms with E-state index in [2.05, 4.69) is 9.69 Å². The zero-order valence-electron chi connectivity index (χ0n) is 18.4. The number of rotatable bonds is 2. The van der Waals surface area contributed by atoms with Crippen molar-refractivity contribution in [3.05, 3.63) is 113 Å². The molecule has 0 N–H and O–H groups in total. The average Bonchev–Trinajstić information content (AvgIpc) is 3.46. The summed E-state index contributed by atoms with van der Waals surface area (Å²) in [5.41, 5.74) is 6.11. The van der Waals surface area contributed by atoms with Gasteiger partial charge in [0.2, 0.25) is 0 Å². The zero-order chi connectivity index (χ0) is 24.2. The summed E-state index contributed by atoms with van der Waals surface area (Å²) >= 11 is 2.79. The molecule has 34 heavy (non-hydrogen) atoms. The molecule has 0 atom stereocenters. The van der Waals surface area contributed by atoms with Gasteiger partial charge >= 0.3 is 5.82 Å². The fraction of sp³-hybridized carbons (Fsp3) is 0.0714. The van der Waals surface area contributed by atoms with Crippen molar-refractivity contribution in [3.8, 4) is 34.4 Å². The number of hydrogen-bond donors (Lipinski definition) is 0. The van der Waals surface area contributed by atoms with Gasteiger partial charge in [-0.3, -0.25) is 0 Å². The second kappa shape index (κ2) is 9.58. The van der Waals surface area contributed by atoms with Gasteiger partial charge in [0.1, 0.15) is 35.4 Å². The normalized spacial score (nSPS) is 11.0. The third-order valence-corrected chi connectivity index (χ3v) is 7.89. The van der Waals surface area contributed by atoms with Crippen LogP contribution in [0.1, 0.15) is 11.1 Å². The molecule has 2 aromatic heterocycles. The van der Waals surface area contributed by atoms with E-state index >= 15 is 0 Å². The maximum atomic E-state index is 9.51. The molecule has 0 fully saturated rings. The van der Waals surface area contributed by atoms with Gasteiger partial charge < -0.3 is 0 Å². The Labute approximate surface area is 205 Å². The van der Waals surface area contributed by atoms with Crippen molar-refractivity contribution in [1.29, 1.82) is 10.5 Å². The van der Waals surface area contributed by atoms with E-state index in [1.54, 1.807) is 0 Å². The van der Waals surface area contributed by atoms with Crippen LogP contribution in [0.2, 0.25) is 0 Å². The van der Waals surface area contributed by atoms with Crippen LogP contribution >= 0.6 is 22.7 Å². The van der Waals surface area contributed by atoms with Gasteiger partial charge in [0.15, 0.2) is 0 Å². The Morgan fingerprint density at radius 3 is 1.59 bits per heavy atom. The van der Waals surface area contributed by atoms with Gasteiger partial charge in [-0.15, -0.1) is 22.7 Å². The molecular formula is C28H16N4S2. The van der Waals surface area contributed by atoms with Crippen LogP contribution in [0.4, 0.5) is 0 Å². The van der Waals surface area contributed by atoms with Crippen molar-refractivity contribution in [1.82, 2.24) is 0 Å². The van der Waals surface area contributed by atoms with E-state index in [4.69, 9.17) is 13.1 Å². The Bertz CT molecular complexity index is 1660. The van der Waals surface area contributed by atoms with Crippen LogP contribution in [0, 0.1) is 58.7 Å². The molecule has 0 aliphatic heterocycles. The molecule has 2 heterocycles. The number of benzene rings is 2. The topological polar surface area (TPSA) is 56.3 Å². The van der Waals surface area contributed by atoms with Gasteiger partial charge in [0, 0.05) is 11.1 Å². The summed E-state index contributed by atoms with van der Waals surface area (Å²) in [6.07, 6.45) is 0. The maximum Gasteiger partial charge on any atom is 0.536 e. The second-order valence-electron chi connectivity index (χ2n) is 7.48. The van der Waals surface area contributed by atoms with Crippen LogP contribution in [0.25, 0.3) is 43.3 Å². The van der Waals surface area contributed by atoms with Crippen LogP contribution < -0.4 is 9.06 Å². The largest absolute Gasteiger partial charge is 0.536 e. The molecular weight excluding hydrogens is 456 g/mol. The molecule has 0 aliphatic rings. The third-order valence-electron chi connectivity index (χ3n) is 5.44. The first-order valence-electron chi connectivity index (χ1n) is 10.2. The van der Waals surface area contributed by atoms with Crippen LogP contribution in [0.3, 0.4) is 0 Å². The molecule has 0 bridgehead atoms. The van der Waals surface area contributed by atoms with Crippen LogP contribution in [-0.4, -0.2) is 0 Å². The van der Waals surface area contributed by atoms with E-state index in [0.29, 0.717) is 9.06 Å². The van der Waals surface area contributed by atoms with E-state index in [0.717, 1.165) is 42.4 Å². The first-order chi connectivity index (χ1) is 16.5. The Balaban J connectivity index is 2.35. The van der Waals surface area contributed by atoms with E-state index in [9.17, 15) is 10.5 Å². The number of nitriles is 2. The molecule has 0 aliphatic carbocycles. The Morgan fingerprint density at radius 2 is 1.15 bits per heavy atom. The lowest BCUT2D eigenvalue weighted by atomic mass is 10.00. The highest BCUT2D eigenvalue weighted by Gasteiger charge is 2.16. The summed E-state index contributed by atoms with van der Waals surface area (Å²) in [5, 5.41) is 19.0. The number of nitrogens with zero attached hydrogens (tertiary/aromatic N) is 4. The monoisotopic (exact) mass is 472 g/mol. The van der Waals surface area contributed by atoms with Crippen molar-refractivity contribution in [2.45, 2.75) is 13.8 Å². The van der Waals surface area contributed by atoms with Crippen LogP contribution in [0.5, 0.6) is 0 Å². The van der Waals surface area contributed by atoms with Crippen molar-refractivity contribution < 1.29 is 0 Å². The summed E-state index contributed by atoms with van der Waals surface area (Å²) in [7, 11) is 0. The number of thiophene rings is 2. The van der Waals surface area contributed by atoms with E-state index in [-0.39, 0.29) is 11.4 Å². The highest BCUT2D eigenvalue weighted by molar-refractivity contribution is 7.12. The number of hydrogen-bond acceptors (Lipinski definition) is 4. The molecule has 4 aromatic rings. The smallest absolute Gasteiger partial charge is 0.192 e. The molecule has 0 radical (unpaired) electrons. The second-order valence-corrected chi connectivity index (χ2v) is 9.59. The van der Waals surface area contributed by atoms with Gasteiger partial charge in [-0.2, -0.15) is 20.2 Å². The first kappa shape index (κ1) is 22.7.